The molecule has 25 heavy (non-hydrogen) atoms. The number of piperidine rings is 1. The molecule has 134 valence electrons. The number of anilines is 1. The van der Waals surface area contributed by atoms with E-state index in [0.717, 1.165) is 37.4 Å². The van der Waals surface area contributed by atoms with Crippen LogP contribution in [0.25, 0.3) is 0 Å². The van der Waals surface area contributed by atoms with E-state index < -0.39 is 5.82 Å². The summed E-state index contributed by atoms with van der Waals surface area (Å²) >= 11 is 1.51. The maximum absolute atomic E-state index is 13.0. The highest BCUT2D eigenvalue weighted by atomic mass is 32.1. The monoisotopic (exact) mass is 363 g/mol. The van der Waals surface area contributed by atoms with E-state index in [9.17, 15) is 9.18 Å². The summed E-state index contributed by atoms with van der Waals surface area (Å²) in [6, 6.07) is 0. The quantitative estimate of drug-likeness (QED) is 0.884. The predicted octanol–water partition coefficient (Wildman–Crippen LogP) is 2.73. The fraction of sp³-hybridized carbons (Fsp3) is 0.529. The number of carbonyl (C=O) groups is 1. The molecule has 2 aromatic rings. The zero-order valence-corrected chi connectivity index (χ0v) is 15.2. The Balaban J connectivity index is 1.59. The molecule has 0 aromatic carbocycles. The number of nitrogens with one attached hydrogen (secondary N) is 1. The summed E-state index contributed by atoms with van der Waals surface area (Å²) in [5.74, 6) is 1.23. The first-order valence-electron chi connectivity index (χ1n) is 8.40. The fourth-order valence-corrected chi connectivity index (χ4v) is 4.02. The second kappa shape index (κ2) is 7.97. The molecule has 1 saturated heterocycles. The van der Waals surface area contributed by atoms with Gasteiger partial charge in [-0.2, -0.15) is 0 Å². The molecule has 1 N–H and O–H groups in total. The Morgan fingerprint density at radius 2 is 2.12 bits per heavy atom. The molecule has 0 unspecified atom stereocenters. The molecule has 0 spiro atoms. The Bertz CT molecular complexity index is 720. The highest BCUT2D eigenvalue weighted by Gasteiger charge is 2.27. The molecule has 8 heteroatoms. The number of rotatable bonds is 5. The lowest BCUT2D eigenvalue weighted by atomic mass is 9.84. The standard InChI is InChI=1S/C17H22FN5OS/c1-11-3-4-23(10-15-8-21-17(25-15)22-12(2)24)9-13(11)5-16-19-6-14(18)7-20-16/h6-8,11,13H,3-5,9-10H2,1-2H3,(H,21,22,24)/t11-,13-/m1/s1. The van der Waals surface area contributed by atoms with Gasteiger partial charge in [0.1, 0.15) is 5.82 Å². The Labute approximate surface area is 150 Å². The Kier molecular flexibility index (Phi) is 5.70. The number of thiazole rings is 1. The summed E-state index contributed by atoms with van der Waals surface area (Å²) in [5.41, 5.74) is 0. The smallest absolute Gasteiger partial charge is 0.223 e. The maximum atomic E-state index is 13.0. The summed E-state index contributed by atoms with van der Waals surface area (Å²) in [6.45, 7) is 6.55. The average Bonchev–Trinajstić information content (AvgIpc) is 2.99. The minimum absolute atomic E-state index is 0.105. The third kappa shape index (κ3) is 5.02. The van der Waals surface area contributed by atoms with Gasteiger partial charge in [0.25, 0.3) is 0 Å². The van der Waals surface area contributed by atoms with E-state index in [2.05, 4.69) is 32.1 Å². The van der Waals surface area contributed by atoms with Crippen LogP contribution < -0.4 is 5.32 Å². The normalized spacial score (nSPS) is 21.2. The fourth-order valence-electron chi connectivity index (χ4n) is 3.12. The largest absolute Gasteiger partial charge is 0.302 e. The van der Waals surface area contributed by atoms with Crippen molar-refractivity contribution in [3.8, 4) is 0 Å². The van der Waals surface area contributed by atoms with Gasteiger partial charge in [-0.25, -0.2) is 19.3 Å². The highest BCUT2D eigenvalue weighted by Crippen LogP contribution is 2.28. The molecule has 1 amide bonds. The van der Waals surface area contributed by atoms with Crippen LogP contribution in [0.4, 0.5) is 9.52 Å². The van der Waals surface area contributed by atoms with Crippen LogP contribution >= 0.6 is 11.3 Å². The van der Waals surface area contributed by atoms with Gasteiger partial charge in [0.15, 0.2) is 10.9 Å². The second-order valence-corrected chi connectivity index (χ2v) is 7.71. The van der Waals surface area contributed by atoms with Crippen molar-refractivity contribution in [2.75, 3.05) is 18.4 Å². The van der Waals surface area contributed by atoms with Crippen LogP contribution in [0, 0.1) is 17.7 Å². The molecule has 0 aliphatic carbocycles. The molecule has 1 aliphatic heterocycles. The van der Waals surface area contributed by atoms with Crippen molar-refractivity contribution >= 4 is 22.4 Å². The summed E-state index contributed by atoms with van der Waals surface area (Å²) in [5, 5.41) is 3.36. The van der Waals surface area contributed by atoms with Crippen molar-refractivity contribution in [2.45, 2.75) is 33.2 Å². The van der Waals surface area contributed by atoms with Crippen LogP contribution in [0.2, 0.25) is 0 Å². The minimum atomic E-state index is -0.401. The van der Waals surface area contributed by atoms with Crippen LogP contribution in [0.1, 0.15) is 31.0 Å². The number of carbonyl (C=O) groups excluding carboxylic acids is 1. The summed E-state index contributed by atoms with van der Waals surface area (Å²) in [4.78, 5) is 27.1. The molecule has 1 aliphatic rings. The minimum Gasteiger partial charge on any atom is -0.302 e. The van der Waals surface area contributed by atoms with Crippen LogP contribution in [0.3, 0.4) is 0 Å². The summed E-state index contributed by atoms with van der Waals surface area (Å²) in [6.07, 6.45) is 6.16. The topological polar surface area (TPSA) is 71.0 Å². The van der Waals surface area contributed by atoms with Crippen molar-refractivity contribution in [3.63, 3.8) is 0 Å². The van der Waals surface area contributed by atoms with Gasteiger partial charge in [0.2, 0.25) is 5.91 Å². The van der Waals surface area contributed by atoms with E-state index in [4.69, 9.17) is 0 Å². The Hall–Kier alpha value is -1.93. The number of hydrogen-bond donors (Lipinski definition) is 1. The first kappa shape index (κ1) is 17.9. The van der Waals surface area contributed by atoms with Crippen LogP contribution in [0.15, 0.2) is 18.6 Å². The van der Waals surface area contributed by atoms with Crippen molar-refractivity contribution in [1.29, 1.82) is 0 Å². The van der Waals surface area contributed by atoms with Gasteiger partial charge < -0.3 is 5.32 Å². The highest BCUT2D eigenvalue weighted by molar-refractivity contribution is 7.15. The SMILES string of the molecule is CC(=O)Nc1ncc(CN2CC[C@@H](C)[C@H](Cc3ncc(F)cn3)C2)s1. The van der Waals surface area contributed by atoms with Crippen molar-refractivity contribution in [3.05, 3.63) is 35.1 Å². The zero-order chi connectivity index (χ0) is 17.8. The Morgan fingerprint density at radius 3 is 2.84 bits per heavy atom. The molecular weight excluding hydrogens is 341 g/mol. The van der Waals surface area contributed by atoms with E-state index in [0.29, 0.717) is 22.8 Å². The van der Waals surface area contributed by atoms with E-state index in [1.165, 1.54) is 30.7 Å². The molecule has 0 saturated carbocycles. The Morgan fingerprint density at radius 1 is 1.36 bits per heavy atom. The van der Waals surface area contributed by atoms with Crippen molar-refractivity contribution < 1.29 is 9.18 Å². The molecule has 3 heterocycles. The third-order valence-electron chi connectivity index (χ3n) is 4.53. The van der Waals surface area contributed by atoms with Gasteiger partial charge in [-0.3, -0.25) is 9.69 Å². The van der Waals surface area contributed by atoms with Gasteiger partial charge in [-0.1, -0.05) is 6.92 Å². The molecular formula is C17H22FN5OS. The number of aromatic nitrogens is 3. The van der Waals surface area contributed by atoms with Gasteiger partial charge in [-0.05, 0) is 24.8 Å². The lowest BCUT2D eigenvalue weighted by Crippen LogP contribution is -2.40. The van der Waals surface area contributed by atoms with Crippen LogP contribution in [-0.4, -0.2) is 38.8 Å². The molecule has 0 bridgehead atoms. The van der Waals surface area contributed by atoms with Gasteiger partial charge in [-0.15, -0.1) is 11.3 Å². The van der Waals surface area contributed by atoms with E-state index in [1.807, 2.05) is 6.20 Å². The predicted molar refractivity (Wildman–Crippen MR) is 94.7 cm³/mol. The number of hydrogen-bond acceptors (Lipinski definition) is 6. The molecule has 2 atom stereocenters. The number of amides is 1. The molecule has 0 radical (unpaired) electrons. The number of halogens is 1. The lowest BCUT2D eigenvalue weighted by Gasteiger charge is -2.36. The average molecular weight is 363 g/mol. The van der Waals surface area contributed by atoms with Crippen LogP contribution in [-0.2, 0) is 17.8 Å². The van der Waals surface area contributed by atoms with Gasteiger partial charge in [0.05, 0.1) is 12.4 Å². The number of likely N-dealkylation sites (tertiary alicyclic amines) is 1. The van der Waals surface area contributed by atoms with Crippen molar-refractivity contribution in [2.24, 2.45) is 11.8 Å². The molecule has 2 aromatic heterocycles. The van der Waals surface area contributed by atoms with E-state index >= 15 is 0 Å². The third-order valence-corrected chi connectivity index (χ3v) is 5.43. The maximum Gasteiger partial charge on any atom is 0.223 e. The molecule has 1 fully saturated rings. The summed E-state index contributed by atoms with van der Waals surface area (Å²) in [7, 11) is 0. The molecule has 6 nitrogen and oxygen atoms in total. The number of nitrogens with zero attached hydrogens (tertiary/aromatic N) is 4. The van der Waals surface area contributed by atoms with Gasteiger partial charge in [0, 0.05) is 37.5 Å². The van der Waals surface area contributed by atoms with Gasteiger partial charge >= 0.3 is 0 Å². The van der Waals surface area contributed by atoms with Crippen molar-refractivity contribution in [1.82, 2.24) is 19.9 Å². The first-order valence-corrected chi connectivity index (χ1v) is 9.22. The first-order chi connectivity index (χ1) is 12.0. The second-order valence-electron chi connectivity index (χ2n) is 6.60. The zero-order valence-electron chi connectivity index (χ0n) is 14.4. The molecule has 3 rings (SSSR count). The summed E-state index contributed by atoms with van der Waals surface area (Å²) < 4.78 is 13.0. The lowest BCUT2D eigenvalue weighted by molar-refractivity contribution is -0.114. The van der Waals surface area contributed by atoms with Crippen LogP contribution in [0.5, 0.6) is 0 Å². The van der Waals surface area contributed by atoms with E-state index in [-0.39, 0.29) is 5.91 Å². The van der Waals surface area contributed by atoms with E-state index in [1.54, 1.807) is 0 Å².